The second kappa shape index (κ2) is 4.25. The van der Waals surface area contributed by atoms with Gasteiger partial charge >= 0.3 is 5.97 Å². The molecule has 0 radical (unpaired) electrons. The number of aliphatic carboxylic acids is 1. The molecular weight excluding hydrogens is 220 g/mol. The highest BCUT2D eigenvalue weighted by Crippen LogP contribution is 2.61. The molecule has 0 aromatic rings. The van der Waals surface area contributed by atoms with Crippen molar-refractivity contribution < 1.29 is 9.90 Å². The SMILES string of the molecule is CC(SC[C@@H]1CC[C@H]2C[C@H]1C2(C)C)C(=O)O. The Morgan fingerprint density at radius 1 is 1.50 bits per heavy atom. The molecule has 3 aliphatic rings. The molecule has 2 bridgehead atoms. The van der Waals surface area contributed by atoms with Gasteiger partial charge in [-0.05, 0) is 55.1 Å². The number of fused-ring (bicyclic) bond motifs is 2. The Morgan fingerprint density at radius 2 is 2.19 bits per heavy atom. The van der Waals surface area contributed by atoms with Crippen LogP contribution < -0.4 is 0 Å². The molecule has 0 aliphatic heterocycles. The summed E-state index contributed by atoms with van der Waals surface area (Å²) >= 11 is 1.62. The van der Waals surface area contributed by atoms with Gasteiger partial charge in [0.05, 0.1) is 5.25 Å². The van der Waals surface area contributed by atoms with E-state index in [9.17, 15) is 4.79 Å². The van der Waals surface area contributed by atoms with E-state index in [1.165, 1.54) is 19.3 Å². The number of thioether (sulfide) groups is 1. The van der Waals surface area contributed by atoms with E-state index in [0.717, 1.165) is 23.5 Å². The average molecular weight is 242 g/mol. The van der Waals surface area contributed by atoms with Crippen LogP contribution in [0.15, 0.2) is 0 Å². The number of carboxylic acid groups (broad SMARTS) is 1. The molecule has 3 aliphatic carbocycles. The number of hydrogen-bond donors (Lipinski definition) is 1. The topological polar surface area (TPSA) is 37.3 Å². The van der Waals surface area contributed by atoms with Gasteiger partial charge in [0.15, 0.2) is 0 Å². The van der Waals surface area contributed by atoms with Gasteiger partial charge in [-0.25, -0.2) is 0 Å². The maximum absolute atomic E-state index is 10.8. The molecule has 0 spiro atoms. The minimum Gasteiger partial charge on any atom is -0.480 e. The number of carboxylic acids is 1. The monoisotopic (exact) mass is 242 g/mol. The Bertz CT molecular complexity index is 286. The molecule has 16 heavy (non-hydrogen) atoms. The first-order valence-corrected chi connectivity index (χ1v) is 7.32. The van der Waals surface area contributed by atoms with Crippen LogP contribution in [0.5, 0.6) is 0 Å². The van der Waals surface area contributed by atoms with Crippen molar-refractivity contribution >= 4 is 17.7 Å². The predicted molar refractivity (Wildman–Crippen MR) is 67.7 cm³/mol. The molecule has 4 atom stereocenters. The van der Waals surface area contributed by atoms with Crippen LogP contribution in [0.4, 0.5) is 0 Å². The summed E-state index contributed by atoms with van der Waals surface area (Å²) < 4.78 is 0. The van der Waals surface area contributed by atoms with Crippen LogP contribution in [-0.4, -0.2) is 22.1 Å². The highest BCUT2D eigenvalue weighted by Gasteiger charge is 2.53. The van der Waals surface area contributed by atoms with Crippen molar-refractivity contribution in [1.29, 1.82) is 0 Å². The summed E-state index contributed by atoms with van der Waals surface area (Å²) in [7, 11) is 0. The first kappa shape index (κ1) is 12.3. The zero-order chi connectivity index (χ0) is 11.9. The van der Waals surface area contributed by atoms with E-state index >= 15 is 0 Å². The lowest BCUT2D eigenvalue weighted by atomic mass is 9.46. The van der Waals surface area contributed by atoms with Crippen molar-refractivity contribution in [1.82, 2.24) is 0 Å². The average Bonchev–Trinajstić information content (AvgIpc) is 2.25. The molecule has 2 nitrogen and oxygen atoms in total. The highest BCUT2D eigenvalue weighted by molar-refractivity contribution is 8.00. The molecule has 1 N–H and O–H groups in total. The lowest BCUT2D eigenvalue weighted by molar-refractivity contribution is -0.136. The van der Waals surface area contributed by atoms with Gasteiger partial charge in [0.25, 0.3) is 0 Å². The summed E-state index contributed by atoms with van der Waals surface area (Å²) in [5.74, 6) is 2.91. The van der Waals surface area contributed by atoms with Gasteiger partial charge in [0.2, 0.25) is 0 Å². The van der Waals surface area contributed by atoms with Crippen LogP contribution >= 0.6 is 11.8 Å². The molecule has 0 amide bonds. The van der Waals surface area contributed by atoms with Gasteiger partial charge in [0.1, 0.15) is 0 Å². The number of carbonyl (C=O) groups is 1. The molecule has 3 saturated carbocycles. The Hall–Kier alpha value is -0.180. The summed E-state index contributed by atoms with van der Waals surface area (Å²) in [6.07, 6.45) is 4.06. The molecule has 0 aromatic carbocycles. The normalized spacial score (nSPS) is 37.6. The molecule has 3 fully saturated rings. The van der Waals surface area contributed by atoms with Crippen LogP contribution in [0, 0.1) is 23.2 Å². The molecule has 92 valence electrons. The largest absolute Gasteiger partial charge is 0.480 e. The first-order chi connectivity index (χ1) is 7.43. The zero-order valence-electron chi connectivity index (χ0n) is 10.4. The summed E-state index contributed by atoms with van der Waals surface area (Å²) in [4.78, 5) is 10.8. The van der Waals surface area contributed by atoms with E-state index in [1.54, 1.807) is 18.7 Å². The number of rotatable bonds is 4. The van der Waals surface area contributed by atoms with Gasteiger partial charge < -0.3 is 5.11 Å². The quantitative estimate of drug-likeness (QED) is 0.822. The van der Waals surface area contributed by atoms with Crippen molar-refractivity contribution in [2.24, 2.45) is 23.2 Å². The second-order valence-electron chi connectivity index (χ2n) is 6.01. The summed E-state index contributed by atoms with van der Waals surface area (Å²) in [5.41, 5.74) is 0.524. The third kappa shape index (κ3) is 1.99. The smallest absolute Gasteiger partial charge is 0.316 e. The minimum absolute atomic E-state index is 0.249. The van der Waals surface area contributed by atoms with Crippen LogP contribution in [0.1, 0.15) is 40.0 Å². The molecular formula is C13H22O2S. The molecule has 1 unspecified atom stereocenters. The summed E-state index contributed by atoms with van der Waals surface area (Å²) in [6.45, 7) is 6.58. The van der Waals surface area contributed by atoms with E-state index in [1.807, 2.05) is 0 Å². The van der Waals surface area contributed by atoms with Crippen LogP contribution in [-0.2, 0) is 4.79 Å². The van der Waals surface area contributed by atoms with Crippen molar-refractivity contribution in [3.63, 3.8) is 0 Å². The van der Waals surface area contributed by atoms with Crippen molar-refractivity contribution in [3.8, 4) is 0 Å². The van der Waals surface area contributed by atoms with Gasteiger partial charge in [-0.2, -0.15) is 0 Å². The third-order valence-corrected chi connectivity index (χ3v) is 6.23. The van der Waals surface area contributed by atoms with Gasteiger partial charge in [0, 0.05) is 0 Å². The van der Waals surface area contributed by atoms with E-state index in [-0.39, 0.29) is 5.25 Å². The Kier molecular flexibility index (Phi) is 3.26. The second-order valence-corrected chi connectivity index (χ2v) is 7.39. The Morgan fingerprint density at radius 3 is 2.69 bits per heavy atom. The molecule has 0 heterocycles. The van der Waals surface area contributed by atoms with E-state index in [4.69, 9.17) is 5.11 Å². The third-order valence-electron chi connectivity index (χ3n) is 4.91. The standard InChI is InChI=1S/C13H22O2S/c1-8(12(14)15)16-7-9-4-5-10-6-11(9)13(10,2)3/h8-11H,4-7H2,1-3H3,(H,14,15)/t8?,9-,10-,11+/m0/s1. The lowest BCUT2D eigenvalue weighted by Gasteiger charge is -2.60. The highest BCUT2D eigenvalue weighted by atomic mass is 32.2. The van der Waals surface area contributed by atoms with Gasteiger partial charge in [-0.3, -0.25) is 4.79 Å². The zero-order valence-corrected chi connectivity index (χ0v) is 11.2. The van der Waals surface area contributed by atoms with E-state index < -0.39 is 5.97 Å². The Balaban J connectivity index is 1.85. The molecule has 3 heteroatoms. The van der Waals surface area contributed by atoms with Crippen LogP contribution in [0.25, 0.3) is 0 Å². The Labute approximate surface area is 102 Å². The molecule has 0 aromatic heterocycles. The van der Waals surface area contributed by atoms with E-state index in [0.29, 0.717) is 5.41 Å². The number of hydrogen-bond acceptors (Lipinski definition) is 2. The van der Waals surface area contributed by atoms with E-state index in [2.05, 4.69) is 13.8 Å². The van der Waals surface area contributed by atoms with Crippen LogP contribution in [0.3, 0.4) is 0 Å². The molecule has 0 saturated heterocycles. The fourth-order valence-corrected chi connectivity index (χ4v) is 4.58. The predicted octanol–water partition coefficient (Wildman–Crippen LogP) is 3.27. The fraction of sp³-hybridized carbons (Fsp3) is 0.923. The van der Waals surface area contributed by atoms with Crippen molar-refractivity contribution in [2.75, 3.05) is 5.75 Å². The maximum Gasteiger partial charge on any atom is 0.316 e. The summed E-state index contributed by atoms with van der Waals surface area (Å²) in [6, 6.07) is 0. The maximum atomic E-state index is 10.8. The molecule has 3 rings (SSSR count). The van der Waals surface area contributed by atoms with Crippen LogP contribution in [0.2, 0.25) is 0 Å². The fourth-order valence-electron chi connectivity index (χ4n) is 3.50. The minimum atomic E-state index is -0.674. The van der Waals surface area contributed by atoms with Crippen molar-refractivity contribution in [2.45, 2.75) is 45.3 Å². The van der Waals surface area contributed by atoms with Gasteiger partial charge in [-0.15, -0.1) is 11.8 Å². The lowest BCUT2D eigenvalue weighted by Crippen LogP contribution is -2.53. The van der Waals surface area contributed by atoms with Crippen molar-refractivity contribution in [3.05, 3.63) is 0 Å². The first-order valence-electron chi connectivity index (χ1n) is 6.27. The summed E-state index contributed by atoms with van der Waals surface area (Å²) in [5, 5.41) is 8.62. The van der Waals surface area contributed by atoms with Gasteiger partial charge in [-0.1, -0.05) is 13.8 Å².